The van der Waals surface area contributed by atoms with Gasteiger partial charge in [-0.15, -0.1) is 10.2 Å². The van der Waals surface area contributed by atoms with Gasteiger partial charge in [0.25, 0.3) is 11.8 Å². The van der Waals surface area contributed by atoms with Crippen molar-refractivity contribution in [2.45, 2.75) is 13.0 Å². The van der Waals surface area contributed by atoms with Gasteiger partial charge in [0.2, 0.25) is 0 Å². The Kier molecular flexibility index (Phi) is 5.37. The molecule has 30 heavy (non-hydrogen) atoms. The summed E-state index contributed by atoms with van der Waals surface area (Å²) in [6, 6.07) is 15.3. The van der Waals surface area contributed by atoms with Gasteiger partial charge in [-0.1, -0.05) is 18.2 Å². The smallest absolute Gasteiger partial charge is 0.293 e. The highest BCUT2D eigenvalue weighted by atomic mass is 79.9. The van der Waals surface area contributed by atoms with Crippen LogP contribution in [0.15, 0.2) is 69.9 Å². The minimum atomic E-state index is -0.398. The molecule has 4 aromatic rings. The molecule has 0 saturated heterocycles. The number of hydrogen-bond donors (Lipinski definition) is 1. The van der Waals surface area contributed by atoms with Crippen LogP contribution in [0.5, 0.6) is 0 Å². The number of halogens is 1. The van der Waals surface area contributed by atoms with Crippen molar-refractivity contribution < 1.29 is 14.0 Å². The summed E-state index contributed by atoms with van der Waals surface area (Å²) in [5.41, 5.74) is 1.52. The number of para-hydroxylation sites is 1. The predicted molar refractivity (Wildman–Crippen MR) is 114 cm³/mol. The molecule has 0 aliphatic carbocycles. The number of anilines is 1. The fourth-order valence-corrected chi connectivity index (χ4v) is 3.46. The van der Waals surface area contributed by atoms with Crippen LogP contribution in [0.4, 0.5) is 5.69 Å². The molecule has 0 spiro atoms. The number of amides is 2. The van der Waals surface area contributed by atoms with Gasteiger partial charge in [-0.3, -0.25) is 14.0 Å². The lowest BCUT2D eigenvalue weighted by atomic mass is 10.1. The number of fused-ring (bicyclic) bond motifs is 1. The molecule has 0 saturated carbocycles. The molecule has 2 amide bonds. The second-order valence-corrected chi connectivity index (χ2v) is 7.45. The first-order valence-electron chi connectivity index (χ1n) is 9.18. The first-order valence-corrected chi connectivity index (χ1v) is 9.98. The molecule has 4 rings (SSSR count). The number of carbonyl (C=O) groups excluding carboxylic acids is 2. The number of pyridine rings is 1. The third-order valence-corrected chi connectivity index (χ3v) is 5.10. The maximum atomic E-state index is 13.0. The van der Waals surface area contributed by atoms with Crippen LogP contribution < -0.4 is 10.2 Å². The van der Waals surface area contributed by atoms with E-state index in [0.717, 1.165) is 0 Å². The van der Waals surface area contributed by atoms with E-state index in [4.69, 9.17) is 4.42 Å². The van der Waals surface area contributed by atoms with Crippen LogP contribution in [0, 0.1) is 0 Å². The average molecular weight is 468 g/mol. The second kappa shape index (κ2) is 8.11. The van der Waals surface area contributed by atoms with Crippen LogP contribution >= 0.6 is 15.9 Å². The van der Waals surface area contributed by atoms with E-state index in [1.807, 2.05) is 35.7 Å². The summed E-state index contributed by atoms with van der Waals surface area (Å²) in [7, 11) is 1.60. The van der Waals surface area contributed by atoms with Crippen molar-refractivity contribution in [3.63, 3.8) is 0 Å². The van der Waals surface area contributed by atoms with E-state index in [1.54, 1.807) is 43.4 Å². The monoisotopic (exact) mass is 467 g/mol. The Morgan fingerprint density at radius 1 is 1.10 bits per heavy atom. The van der Waals surface area contributed by atoms with Crippen molar-refractivity contribution in [2.75, 3.05) is 11.9 Å². The Hall–Kier alpha value is -3.46. The molecule has 0 fully saturated rings. The number of aromatic nitrogens is 3. The predicted octanol–water partition coefficient (Wildman–Crippen LogP) is 3.85. The van der Waals surface area contributed by atoms with E-state index in [-0.39, 0.29) is 17.6 Å². The summed E-state index contributed by atoms with van der Waals surface area (Å²) < 4.78 is 7.63. The minimum Gasteiger partial charge on any atom is -0.444 e. The van der Waals surface area contributed by atoms with Gasteiger partial charge in [-0.25, -0.2) is 0 Å². The Balaban J connectivity index is 1.58. The molecule has 0 aliphatic rings. The van der Waals surface area contributed by atoms with Crippen LogP contribution in [-0.2, 0) is 0 Å². The van der Waals surface area contributed by atoms with Crippen molar-refractivity contribution in [3.8, 4) is 0 Å². The Bertz CT molecular complexity index is 1230. The standard InChI is InChI=1S/C21H18BrN5O3/c1-13(19-25-24-18-9-5-6-12-27(18)19)23-20(28)14-7-3-4-8-15(14)26(2)21(29)16-10-11-17(22)30-16/h3-13H,1-2H3,(H,23,28). The molecular weight excluding hydrogens is 450 g/mol. The number of rotatable bonds is 5. The van der Waals surface area contributed by atoms with E-state index < -0.39 is 6.04 Å². The first kappa shape index (κ1) is 19.8. The molecule has 152 valence electrons. The largest absolute Gasteiger partial charge is 0.444 e. The highest BCUT2D eigenvalue weighted by Gasteiger charge is 2.23. The maximum Gasteiger partial charge on any atom is 0.293 e. The topological polar surface area (TPSA) is 92.7 Å². The number of furan rings is 1. The Morgan fingerprint density at radius 3 is 2.63 bits per heavy atom. The lowest BCUT2D eigenvalue weighted by Gasteiger charge is -2.20. The highest BCUT2D eigenvalue weighted by molar-refractivity contribution is 9.10. The van der Waals surface area contributed by atoms with Gasteiger partial charge in [-0.2, -0.15) is 0 Å². The molecule has 3 aromatic heterocycles. The third kappa shape index (κ3) is 3.71. The lowest BCUT2D eigenvalue weighted by Crippen LogP contribution is -2.32. The van der Waals surface area contributed by atoms with Crippen LogP contribution in [-0.4, -0.2) is 33.5 Å². The summed E-state index contributed by atoms with van der Waals surface area (Å²) >= 11 is 3.19. The van der Waals surface area contributed by atoms with E-state index in [9.17, 15) is 9.59 Å². The molecule has 9 heteroatoms. The summed E-state index contributed by atoms with van der Waals surface area (Å²) in [6.45, 7) is 1.83. The van der Waals surface area contributed by atoms with E-state index in [0.29, 0.717) is 27.4 Å². The van der Waals surface area contributed by atoms with Gasteiger partial charge in [0.15, 0.2) is 21.9 Å². The molecule has 3 heterocycles. The molecule has 1 atom stereocenters. The van der Waals surface area contributed by atoms with Crippen molar-refractivity contribution in [1.82, 2.24) is 19.9 Å². The van der Waals surface area contributed by atoms with Gasteiger partial charge in [0.1, 0.15) is 0 Å². The van der Waals surface area contributed by atoms with Gasteiger partial charge in [-0.05, 0) is 59.3 Å². The molecule has 8 nitrogen and oxygen atoms in total. The number of hydrogen-bond acceptors (Lipinski definition) is 5. The number of nitrogens with one attached hydrogen (secondary N) is 1. The average Bonchev–Trinajstić information content (AvgIpc) is 3.39. The van der Waals surface area contributed by atoms with Crippen molar-refractivity contribution in [3.05, 3.63) is 82.6 Å². The number of benzene rings is 1. The van der Waals surface area contributed by atoms with Crippen LogP contribution in [0.2, 0.25) is 0 Å². The molecule has 0 bridgehead atoms. The minimum absolute atomic E-state index is 0.169. The van der Waals surface area contributed by atoms with Crippen LogP contribution in [0.3, 0.4) is 0 Å². The zero-order chi connectivity index (χ0) is 21.3. The fraction of sp³-hybridized carbons (Fsp3) is 0.143. The summed E-state index contributed by atoms with van der Waals surface area (Å²) in [5.74, 6) is 0.0905. The third-order valence-electron chi connectivity index (χ3n) is 4.67. The molecule has 0 radical (unpaired) electrons. The lowest BCUT2D eigenvalue weighted by molar-refractivity contribution is 0.0938. The second-order valence-electron chi connectivity index (χ2n) is 6.67. The quantitative estimate of drug-likeness (QED) is 0.481. The van der Waals surface area contributed by atoms with Crippen molar-refractivity contribution in [2.24, 2.45) is 0 Å². The Morgan fingerprint density at radius 2 is 1.87 bits per heavy atom. The molecule has 0 aliphatic heterocycles. The zero-order valence-electron chi connectivity index (χ0n) is 16.2. The summed E-state index contributed by atoms with van der Waals surface area (Å²) in [5, 5.41) is 11.2. The maximum absolute atomic E-state index is 13.0. The SMILES string of the molecule is CC(NC(=O)c1ccccc1N(C)C(=O)c1ccc(Br)o1)c1nnc2ccccn12. The summed E-state index contributed by atoms with van der Waals surface area (Å²) in [4.78, 5) is 27.2. The molecule has 1 N–H and O–H groups in total. The summed E-state index contributed by atoms with van der Waals surface area (Å²) in [6.07, 6.45) is 1.84. The molecule has 1 aromatic carbocycles. The van der Waals surface area contributed by atoms with E-state index >= 15 is 0 Å². The van der Waals surface area contributed by atoms with Crippen molar-refractivity contribution >= 4 is 39.1 Å². The van der Waals surface area contributed by atoms with Gasteiger partial charge in [0, 0.05) is 13.2 Å². The molecular formula is C21H18BrN5O3. The fourth-order valence-electron chi connectivity index (χ4n) is 3.16. The van der Waals surface area contributed by atoms with Gasteiger partial charge >= 0.3 is 0 Å². The van der Waals surface area contributed by atoms with Gasteiger partial charge in [0.05, 0.1) is 17.3 Å². The van der Waals surface area contributed by atoms with Crippen LogP contribution in [0.1, 0.15) is 39.7 Å². The van der Waals surface area contributed by atoms with E-state index in [2.05, 4.69) is 31.4 Å². The molecule has 1 unspecified atom stereocenters. The Labute approximate surface area is 180 Å². The number of carbonyl (C=O) groups is 2. The van der Waals surface area contributed by atoms with E-state index in [1.165, 1.54) is 4.90 Å². The first-order chi connectivity index (χ1) is 14.5. The normalized spacial score (nSPS) is 12.0. The van der Waals surface area contributed by atoms with Crippen molar-refractivity contribution in [1.29, 1.82) is 0 Å². The number of nitrogens with zero attached hydrogens (tertiary/aromatic N) is 4. The van der Waals surface area contributed by atoms with Crippen LogP contribution in [0.25, 0.3) is 5.65 Å². The van der Waals surface area contributed by atoms with Gasteiger partial charge < -0.3 is 14.6 Å². The zero-order valence-corrected chi connectivity index (χ0v) is 17.8. The highest BCUT2D eigenvalue weighted by Crippen LogP contribution is 2.24.